The zero-order chi connectivity index (χ0) is 11.1. The Hall–Kier alpha value is -1.36. The minimum Gasteiger partial charge on any atom is -0.478 e. The molecule has 2 aliphatic heterocycles. The lowest BCUT2D eigenvalue weighted by atomic mass is 10.1. The van der Waals surface area contributed by atoms with Gasteiger partial charge >= 0.3 is 5.97 Å². The van der Waals surface area contributed by atoms with Crippen LogP contribution < -0.4 is 10.2 Å². The van der Waals surface area contributed by atoms with Gasteiger partial charge in [0.1, 0.15) is 0 Å². The molecule has 3 rings (SSSR count). The summed E-state index contributed by atoms with van der Waals surface area (Å²) in [5, 5.41) is 12.2. The van der Waals surface area contributed by atoms with Crippen LogP contribution in [-0.4, -0.2) is 35.3 Å². The number of aromatic carboxylic acids is 1. The first-order valence-electron chi connectivity index (χ1n) is 5.21. The molecule has 0 bridgehead atoms. The van der Waals surface area contributed by atoms with Crippen LogP contribution in [0.2, 0.25) is 0 Å². The van der Waals surface area contributed by atoms with Crippen molar-refractivity contribution in [2.45, 2.75) is 6.04 Å². The van der Waals surface area contributed by atoms with Crippen molar-refractivity contribution >= 4 is 29.1 Å². The summed E-state index contributed by atoms with van der Waals surface area (Å²) < 4.78 is 0. The summed E-state index contributed by atoms with van der Waals surface area (Å²) in [6.07, 6.45) is 0. The van der Waals surface area contributed by atoms with Crippen molar-refractivity contribution in [3.63, 3.8) is 0 Å². The average molecular weight is 236 g/mol. The van der Waals surface area contributed by atoms with E-state index in [1.807, 2.05) is 17.8 Å². The molecule has 5 heteroatoms. The number of benzene rings is 1. The molecule has 0 aromatic heterocycles. The van der Waals surface area contributed by atoms with E-state index in [9.17, 15) is 4.79 Å². The Kier molecular flexibility index (Phi) is 2.21. The fraction of sp³-hybridized carbons (Fsp3) is 0.364. The number of carbonyl (C=O) groups is 1. The Morgan fingerprint density at radius 3 is 3.25 bits per heavy atom. The molecule has 84 valence electrons. The fourth-order valence-corrected chi connectivity index (χ4v) is 3.43. The highest BCUT2D eigenvalue weighted by atomic mass is 32.2. The first-order valence-corrected chi connectivity index (χ1v) is 6.37. The minimum absolute atomic E-state index is 0.344. The highest BCUT2D eigenvalue weighted by molar-refractivity contribution is 7.99. The van der Waals surface area contributed by atoms with Gasteiger partial charge in [0, 0.05) is 12.3 Å². The number of fused-ring (bicyclic) bond motifs is 3. The Morgan fingerprint density at radius 2 is 2.44 bits per heavy atom. The molecule has 2 N–H and O–H groups in total. The van der Waals surface area contributed by atoms with Crippen LogP contribution in [0.1, 0.15) is 10.4 Å². The lowest BCUT2D eigenvalue weighted by Crippen LogP contribution is -2.40. The van der Waals surface area contributed by atoms with E-state index in [4.69, 9.17) is 5.11 Å². The summed E-state index contributed by atoms with van der Waals surface area (Å²) in [5.74, 6) is 1.28. The quantitative estimate of drug-likeness (QED) is 0.777. The number of thioether (sulfide) groups is 1. The second-order valence-electron chi connectivity index (χ2n) is 4.04. The highest BCUT2D eigenvalue weighted by Gasteiger charge is 2.30. The average Bonchev–Trinajstić information content (AvgIpc) is 2.76. The van der Waals surface area contributed by atoms with Crippen molar-refractivity contribution in [2.75, 3.05) is 28.4 Å². The third-order valence-electron chi connectivity index (χ3n) is 3.06. The van der Waals surface area contributed by atoms with Gasteiger partial charge in [-0.15, -0.1) is 11.8 Å². The summed E-state index contributed by atoms with van der Waals surface area (Å²) in [6, 6.07) is 5.85. The number of anilines is 2. The molecule has 0 radical (unpaired) electrons. The third kappa shape index (κ3) is 1.43. The van der Waals surface area contributed by atoms with Crippen LogP contribution in [0.5, 0.6) is 0 Å². The number of hydrogen-bond acceptors (Lipinski definition) is 4. The summed E-state index contributed by atoms with van der Waals surface area (Å²) in [6.45, 7) is 0.906. The minimum atomic E-state index is -0.873. The zero-order valence-corrected chi connectivity index (χ0v) is 9.46. The largest absolute Gasteiger partial charge is 0.478 e. The van der Waals surface area contributed by atoms with Crippen LogP contribution in [0.15, 0.2) is 18.2 Å². The highest BCUT2D eigenvalue weighted by Crippen LogP contribution is 2.37. The number of rotatable bonds is 1. The molecule has 0 aliphatic carbocycles. The van der Waals surface area contributed by atoms with Crippen molar-refractivity contribution < 1.29 is 9.90 Å². The Morgan fingerprint density at radius 1 is 1.56 bits per heavy atom. The Balaban J connectivity index is 2.02. The first-order chi connectivity index (χ1) is 7.75. The monoisotopic (exact) mass is 236 g/mol. The van der Waals surface area contributed by atoms with Gasteiger partial charge in [-0.05, 0) is 18.2 Å². The molecule has 1 fully saturated rings. The molecule has 4 nitrogen and oxygen atoms in total. The van der Waals surface area contributed by atoms with E-state index in [1.54, 1.807) is 12.1 Å². The van der Waals surface area contributed by atoms with Gasteiger partial charge in [-0.3, -0.25) is 0 Å². The maximum absolute atomic E-state index is 10.9. The van der Waals surface area contributed by atoms with E-state index < -0.39 is 5.97 Å². The van der Waals surface area contributed by atoms with Gasteiger partial charge in [-0.25, -0.2) is 4.79 Å². The molecular formula is C11H12N2O2S. The predicted octanol–water partition coefficient (Wildman–Crippen LogP) is 1.69. The van der Waals surface area contributed by atoms with Gasteiger partial charge in [0.2, 0.25) is 0 Å². The fourth-order valence-electron chi connectivity index (χ4n) is 2.21. The van der Waals surface area contributed by atoms with Crippen molar-refractivity contribution in [3.8, 4) is 0 Å². The van der Waals surface area contributed by atoms with Gasteiger partial charge < -0.3 is 15.3 Å². The van der Waals surface area contributed by atoms with Crippen molar-refractivity contribution in [1.29, 1.82) is 0 Å². The molecule has 1 aromatic carbocycles. The molecule has 0 unspecified atom stereocenters. The first kappa shape index (κ1) is 9.84. The van der Waals surface area contributed by atoms with Crippen LogP contribution in [0.4, 0.5) is 11.4 Å². The Labute approximate surface area is 97.6 Å². The molecule has 0 amide bonds. The second-order valence-corrected chi connectivity index (χ2v) is 5.04. The second kappa shape index (κ2) is 3.59. The van der Waals surface area contributed by atoms with Gasteiger partial charge in [-0.2, -0.15) is 0 Å². The summed E-state index contributed by atoms with van der Waals surface area (Å²) in [7, 11) is 0. The zero-order valence-electron chi connectivity index (χ0n) is 8.64. The lowest BCUT2D eigenvalue weighted by Gasteiger charge is -2.33. The normalized spacial score (nSPS) is 22.2. The number of hydrogen-bond donors (Lipinski definition) is 2. The van der Waals surface area contributed by atoms with E-state index in [1.165, 1.54) is 0 Å². The van der Waals surface area contributed by atoms with Crippen molar-refractivity contribution in [1.82, 2.24) is 0 Å². The van der Waals surface area contributed by atoms with Gasteiger partial charge in [0.05, 0.1) is 28.9 Å². The van der Waals surface area contributed by atoms with Crippen LogP contribution in [0.25, 0.3) is 0 Å². The summed E-state index contributed by atoms with van der Waals surface area (Å²) in [4.78, 5) is 13.2. The van der Waals surface area contributed by atoms with Crippen molar-refractivity contribution in [2.24, 2.45) is 0 Å². The predicted molar refractivity (Wildman–Crippen MR) is 65.5 cm³/mol. The van der Waals surface area contributed by atoms with E-state index in [0.717, 1.165) is 29.5 Å². The van der Waals surface area contributed by atoms with Gasteiger partial charge in [-0.1, -0.05) is 0 Å². The molecule has 1 atom stereocenters. The molecule has 1 aromatic rings. The van der Waals surface area contributed by atoms with Crippen LogP contribution in [0, 0.1) is 0 Å². The number of carboxylic acids is 1. The molecule has 0 spiro atoms. The number of nitrogens with zero attached hydrogens (tertiary/aromatic N) is 1. The molecule has 1 saturated heterocycles. The van der Waals surface area contributed by atoms with Crippen LogP contribution >= 0.6 is 11.8 Å². The molecule has 16 heavy (non-hydrogen) atoms. The molecule has 0 saturated carbocycles. The van der Waals surface area contributed by atoms with Crippen LogP contribution in [-0.2, 0) is 0 Å². The smallest absolute Gasteiger partial charge is 0.335 e. The topological polar surface area (TPSA) is 52.6 Å². The molecular weight excluding hydrogens is 224 g/mol. The van der Waals surface area contributed by atoms with E-state index >= 15 is 0 Å². The SMILES string of the molecule is O=C(O)c1ccc2c(c1)NC[C@H]1CSCN21. The molecule has 2 aliphatic rings. The Bertz CT molecular complexity index is 450. The standard InChI is InChI=1S/C11H12N2O2S/c14-11(15)7-1-2-10-9(3-7)12-4-8-5-16-6-13(8)10/h1-3,8,12H,4-6H2,(H,14,15)/t8-/m0/s1. The van der Waals surface area contributed by atoms with E-state index in [0.29, 0.717) is 11.6 Å². The molecule has 2 heterocycles. The third-order valence-corrected chi connectivity index (χ3v) is 4.14. The number of carboxylic acid groups (broad SMARTS) is 1. The van der Waals surface area contributed by atoms with E-state index in [2.05, 4.69) is 10.2 Å². The lowest BCUT2D eigenvalue weighted by molar-refractivity contribution is 0.0697. The number of nitrogens with one attached hydrogen (secondary N) is 1. The summed E-state index contributed by atoms with van der Waals surface area (Å²) in [5.41, 5.74) is 2.42. The summed E-state index contributed by atoms with van der Waals surface area (Å²) >= 11 is 1.92. The maximum atomic E-state index is 10.9. The van der Waals surface area contributed by atoms with Crippen LogP contribution in [0.3, 0.4) is 0 Å². The van der Waals surface area contributed by atoms with E-state index in [-0.39, 0.29) is 0 Å². The maximum Gasteiger partial charge on any atom is 0.335 e. The van der Waals surface area contributed by atoms with Crippen molar-refractivity contribution in [3.05, 3.63) is 23.8 Å². The van der Waals surface area contributed by atoms with Gasteiger partial charge in [0.15, 0.2) is 0 Å². The van der Waals surface area contributed by atoms with Gasteiger partial charge in [0.25, 0.3) is 0 Å².